The maximum Gasteiger partial charge on any atom is 0.416 e. The monoisotopic (exact) mass is 521 g/mol. The smallest absolute Gasteiger partial charge is 0.416 e. The summed E-state index contributed by atoms with van der Waals surface area (Å²) in [6.45, 7) is 7.97. The fourth-order valence-corrected chi connectivity index (χ4v) is 5.18. The largest absolute Gasteiger partial charge is 0.441 e. The average molecular weight is 522 g/mol. The molecule has 2 aliphatic rings. The van der Waals surface area contributed by atoms with Crippen LogP contribution >= 0.6 is 0 Å². The molecule has 2 heterocycles. The number of hydrogen-bond acceptors (Lipinski definition) is 7. The van der Waals surface area contributed by atoms with E-state index in [1.165, 1.54) is 17.3 Å². The van der Waals surface area contributed by atoms with Gasteiger partial charge in [0, 0.05) is 24.4 Å². The summed E-state index contributed by atoms with van der Waals surface area (Å²) in [5.74, 6) is -0.0385. The van der Waals surface area contributed by atoms with Crippen molar-refractivity contribution in [3.8, 4) is 6.07 Å². The first-order valence-corrected chi connectivity index (χ1v) is 13.2. The number of aromatic nitrogens is 2. The zero-order valence-corrected chi connectivity index (χ0v) is 22.5. The highest BCUT2D eigenvalue weighted by Gasteiger charge is 2.51. The molecule has 1 aliphatic carbocycles. The van der Waals surface area contributed by atoms with E-state index in [0.717, 1.165) is 24.1 Å². The molecule has 3 atom stereocenters. The summed E-state index contributed by atoms with van der Waals surface area (Å²) in [6.07, 6.45) is 8.36. The maximum absolute atomic E-state index is 15.4. The second kappa shape index (κ2) is 11.1. The molecule has 1 amide bonds. The van der Waals surface area contributed by atoms with Gasteiger partial charge < -0.3 is 14.7 Å². The number of hydrogen-bond donors (Lipinski definition) is 1. The molecule has 2 unspecified atom stereocenters. The number of rotatable bonds is 8. The number of unbranched alkanes of at least 4 members (excludes halogenated alkanes) is 1. The number of anilines is 2. The number of benzene rings is 1. The number of amides is 1. The first-order chi connectivity index (χ1) is 18.0. The number of ether oxygens (including phenoxy) is 1. The lowest BCUT2D eigenvalue weighted by Gasteiger charge is -2.40. The van der Waals surface area contributed by atoms with Crippen molar-refractivity contribution in [3.05, 3.63) is 59.7 Å². The molecular weight excluding hydrogens is 485 g/mol. The van der Waals surface area contributed by atoms with Gasteiger partial charge in [0.2, 0.25) is 0 Å². The van der Waals surface area contributed by atoms with Gasteiger partial charge in [0.1, 0.15) is 17.4 Å². The summed E-state index contributed by atoms with van der Waals surface area (Å²) >= 11 is 0. The Morgan fingerprint density at radius 2 is 2.16 bits per heavy atom. The lowest BCUT2D eigenvalue weighted by Crippen LogP contribution is -2.46. The molecule has 1 aromatic heterocycles. The van der Waals surface area contributed by atoms with E-state index in [2.05, 4.69) is 29.0 Å². The van der Waals surface area contributed by atoms with Gasteiger partial charge in [0.25, 0.3) is 0 Å². The van der Waals surface area contributed by atoms with Crippen LogP contribution in [0.5, 0.6) is 0 Å². The van der Waals surface area contributed by atoms with Gasteiger partial charge in [-0.15, -0.1) is 0 Å². The Balaban J connectivity index is 1.55. The minimum atomic E-state index is -1.15. The Kier molecular flexibility index (Phi) is 8.02. The quantitative estimate of drug-likeness (QED) is 0.487. The van der Waals surface area contributed by atoms with Gasteiger partial charge in [-0.2, -0.15) is 5.26 Å². The van der Waals surface area contributed by atoms with Crippen molar-refractivity contribution in [2.75, 3.05) is 22.9 Å². The zero-order valence-electron chi connectivity index (χ0n) is 22.5. The van der Waals surface area contributed by atoms with Crippen LogP contribution in [0.3, 0.4) is 0 Å². The van der Waals surface area contributed by atoms with E-state index in [-0.39, 0.29) is 12.5 Å². The number of allylic oxidation sites excluding steroid dienone is 1. The van der Waals surface area contributed by atoms with Crippen LogP contribution in [0.2, 0.25) is 0 Å². The number of carbonyl (C=O) groups excluding carboxylic acids is 1. The second-order valence-corrected chi connectivity index (χ2v) is 10.9. The van der Waals surface area contributed by atoms with Crippen molar-refractivity contribution in [2.24, 2.45) is 5.92 Å². The third-order valence-electron chi connectivity index (χ3n) is 7.35. The van der Waals surface area contributed by atoms with Crippen LogP contribution in [0.4, 0.5) is 20.7 Å². The molecule has 4 rings (SSSR count). The molecule has 202 valence electrons. The van der Waals surface area contributed by atoms with E-state index in [9.17, 15) is 15.2 Å². The molecule has 1 aromatic carbocycles. The van der Waals surface area contributed by atoms with Gasteiger partial charge in [-0.3, -0.25) is 9.88 Å². The summed E-state index contributed by atoms with van der Waals surface area (Å²) < 4.78 is 21.3. The number of halogens is 1. The standard InChI is InChI=1S/C29H36FN5O3/c1-5-6-7-12-34(24-13-21(15-31)9-8-20(24)2)18-22-14-29(11-10-23(22)30)19-35(27(36)38-29)26-17-32-25(16-33-26)28(3,4)37/h7-9,12-13,16-17,22-23,37H,5-6,10-11,14,18-19H2,1-4H3/b12-7+/t22?,23?,29-/m0/s1. The van der Waals surface area contributed by atoms with E-state index in [1.807, 2.05) is 30.2 Å². The summed E-state index contributed by atoms with van der Waals surface area (Å²) in [7, 11) is 0. The Bertz CT molecular complexity index is 1220. The number of carbonyl (C=O) groups is 1. The molecule has 1 saturated heterocycles. The van der Waals surface area contributed by atoms with E-state index in [4.69, 9.17) is 4.74 Å². The van der Waals surface area contributed by atoms with Gasteiger partial charge in [0.15, 0.2) is 5.82 Å². The summed E-state index contributed by atoms with van der Waals surface area (Å²) in [5.41, 5.74) is 0.853. The second-order valence-electron chi connectivity index (χ2n) is 10.9. The van der Waals surface area contributed by atoms with Crippen molar-refractivity contribution >= 4 is 17.6 Å². The van der Waals surface area contributed by atoms with E-state index in [1.54, 1.807) is 19.9 Å². The van der Waals surface area contributed by atoms with Crippen LogP contribution in [-0.4, -0.2) is 46.0 Å². The van der Waals surface area contributed by atoms with Crippen LogP contribution in [-0.2, 0) is 10.3 Å². The minimum Gasteiger partial charge on any atom is -0.441 e. The molecule has 9 heteroatoms. The Morgan fingerprint density at radius 1 is 1.37 bits per heavy atom. The molecular formula is C29H36FN5O3. The number of aryl methyl sites for hydroxylation is 1. The van der Waals surface area contributed by atoms with Crippen molar-refractivity contribution in [1.82, 2.24) is 9.97 Å². The molecule has 1 saturated carbocycles. The van der Waals surface area contributed by atoms with E-state index >= 15 is 4.39 Å². The molecule has 1 N–H and O–H groups in total. The van der Waals surface area contributed by atoms with E-state index in [0.29, 0.717) is 42.9 Å². The lowest BCUT2D eigenvalue weighted by molar-refractivity contribution is -0.0183. The number of aliphatic hydroxyl groups is 1. The first-order valence-electron chi connectivity index (χ1n) is 13.2. The summed E-state index contributed by atoms with van der Waals surface area (Å²) in [5, 5.41) is 19.6. The Labute approximate surface area is 223 Å². The fourth-order valence-electron chi connectivity index (χ4n) is 5.18. The van der Waals surface area contributed by atoms with Gasteiger partial charge in [0.05, 0.1) is 36.3 Å². The highest BCUT2D eigenvalue weighted by atomic mass is 19.1. The molecule has 0 radical (unpaired) electrons. The van der Waals surface area contributed by atoms with Crippen molar-refractivity contribution in [1.29, 1.82) is 5.26 Å². The van der Waals surface area contributed by atoms with Crippen LogP contribution < -0.4 is 9.80 Å². The van der Waals surface area contributed by atoms with Gasteiger partial charge in [-0.1, -0.05) is 25.5 Å². The van der Waals surface area contributed by atoms with Crippen molar-refractivity contribution in [2.45, 2.75) is 77.2 Å². The summed E-state index contributed by atoms with van der Waals surface area (Å²) in [4.78, 5) is 24.9. The molecule has 0 bridgehead atoms. The normalized spacial score (nSPS) is 23.6. The van der Waals surface area contributed by atoms with Crippen LogP contribution in [0.1, 0.15) is 69.7 Å². The summed E-state index contributed by atoms with van der Waals surface area (Å²) in [6, 6.07) is 7.72. The lowest BCUT2D eigenvalue weighted by atomic mass is 9.76. The molecule has 38 heavy (non-hydrogen) atoms. The topological polar surface area (TPSA) is 103 Å². The maximum atomic E-state index is 15.4. The molecule has 1 aliphatic heterocycles. The van der Waals surface area contributed by atoms with Crippen molar-refractivity contribution in [3.63, 3.8) is 0 Å². The van der Waals surface area contributed by atoms with Gasteiger partial charge >= 0.3 is 6.09 Å². The molecule has 2 aromatic rings. The molecule has 8 nitrogen and oxygen atoms in total. The average Bonchev–Trinajstić information content (AvgIpc) is 3.21. The number of alkyl halides is 1. The number of nitrogens with zero attached hydrogens (tertiary/aromatic N) is 5. The van der Waals surface area contributed by atoms with Crippen molar-refractivity contribution < 1.29 is 19.0 Å². The number of nitriles is 1. The SMILES string of the molecule is CCC/C=C/N(CC1C[C@@]2(CCC1F)CN(c1cnc(C(C)(C)O)cn1)C(=O)O2)c1cc(C#N)ccc1C. The van der Waals surface area contributed by atoms with E-state index < -0.39 is 23.5 Å². The predicted octanol–water partition coefficient (Wildman–Crippen LogP) is 5.54. The molecule has 2 fully saturated rings. The highest BCUT2D eigenvalue weighted by molar-refractivity contribution is 5.89. The highest BCUT2D eigenvalue weighted by Crippen LogP contribution is 2.43. The third-order valence-corrected chi connectivity index (χ3v) is 7.35. The van der Waals surface area contributed by atoms with Crippen LogP contribution in [0, 0.1) is 24.2 Å². The predicted molar refractivity (Wildman–Crippen MR) is 143 cm³/mol. The zero-order chi connectivity index (χ0) is 27.5. The Hall–Kier alpha value is -3.51. The van der Waals surface area contributed by atoms with Crippen LogP contribution in [0.25, 0.3) is 0 Å². The third kappa shape index (κ3) is 5.97. The molecule has 1 spiro atoms. The Morgan fingerprint density at radius 3 is 2.82 bits per heavy atom. The fraction of sp³-hybridized carbons (Fsp3) is 0.517. The van der Waals surface area contributed by atoms with Crippen LogP contribution in [0.15, 0.2) is 42.9 Å². The minimum absolute atomic E-state index is 0.264. The van der Waals surface area contributed by atoms with Gasteiger partial charge in [-0.05, 0) is 64.2 Å². The first kappa shape index (κ1) is 27.5. The van der Waals surface area contributed by atoms with Gasteiger partial charge in [-0.25, -0.2) is 14.2 Å².